The van der Waals surface area contributed by atoms with Gasteiger partial charge >= 0.3 is 0 Å². The summed E-state index contributed by atoms with van der Waals surface area (Å²) in [6.07, 6.45) is -0.440. The second-order valence-electron chi connectivity index (χ2n) is 3.17. The van der Waals surface area contributed by atoms with Gasteiger partial charge in [0.2, 0.25) is 0 Å². The van der Waals surface area contributed by atoms with Gasteiger partial charge in [-0.15, -0.1) is 0 Å². The third kappa shape index (κ3) is 4.11. The Bertz CT molecular complexity index is 360. The van der Waals surface area contributed by atoms with Crippen LogP contribution in [0.4, 0.5) is 0 Å². The van der Waals surface area contributed by atoms with Gasteiger partial charge in [0.25, 0.3) is 0 Å². The van der Waals surface area contributed by atoms with E-state index in [0.717, 1.165) is 0 Å². The summed E-state index contributed by atoms with van der Waals surface area (Å²) in [6.45, 7) is -0.0163. The van der Waals surface area contributed by atoms with Crippen LogP contribution in [0.15, 0.2) is 16.6 Å². The maximum absolute atomic E-state index is 9.11. The number of hydrogen-bond donors (Lipinski definition) is 2. The molecule has 0 radical (unpaired) electrons. The van der Waals surface area contributed by atoms with Crippen molar-refractivity contribution in [2.24, 2.45) is 0 Å². The van der Waals surface area contributed by atoms with Crippen molar-refractivity contribution in [1.82, 2.24) is 0 Å². The first kappa shape index (κ1) is 14.1. The molecule has 0 amide bonds. The lowest BCUT2D eigenvalue weighted by Crippen LogP contribution is -2.15. The van der Waals surface area contributed by atoms with Crippen molar-refractivity contribution < 1.29 is 14.9 Å². The highest BCUT2D eigenvalue weighted by atomic mass is 79.9. The summed E-state index contributed by atoms with van der Waals surface area (Å²) in [5, 5.41) is 18.7. The molecule has 0 spiro atoms. The summed E-state index contributed by atoms with van der Waals surface area (Å²) in [4.78, 5) is 0. The topological polar surface area (TPSA) is 49.7 Å². The van der Waals surface area contributed by atoms with Crippen LogP contribution in [0.25, 0.3) is 0 Å². The number of benzene rings is 1. The van der Waals surface area contributed by atoms with Gasteiger partial charge in [-0.05, 0) is 22.0 Å². The standard InChI is InChI=1S/C10H11BrCl2O3/c11-7-3-9(13)10(4-8(7)12)16-2-1-6(15)5-14/h3-4,6,14-15H,1-2,5H2. The SMILES string of the molecule is OCC(O)CCOc1cc(Cl)c(Br)cc1Cl. The van der Waals surface area contributed by atoms with Crippen LogP contribution < -0.4 is 4.74 Å². The van der Waals surface area contributed by atoms with Gasteiger partial charge in [-0.2, -0.15) is 0 Å². The molecule has 90 valence electrons. The molecule has 0 saturated carbocycles. The monoisotopic (exact) mass is 328 g/mol. The average Bonchev–Trinajstić information content (AvgIpc) is 2.25. The van der Waals surface area contributed by atoms with Gasteiger partial charge in [0.05, 0.1) is 29.4 Å². The Morgan fingerprint density at radius 3 is 2.62 bits per heavy atom. The highest BCUT2D eigenvalue weighted by Crippen LogP contribution is 2.34. The first-order valence-electron chi connectivity index (χ1n) is 4.61. The van der Waals surface area contributed by atoms with Gasteiger partial charge in [0.15, 0.2) is 0 Å². The van der Waals surface area contributed by atoms with E-state index < -0.39 is 6.10 Å². The van der Waals surface area contributed by atoms with Crippen LogP contribution in [0.2, 0.25) is 10.0 Å². The lowest BCUT2D eigenvalue weighted by molar-refractivity contribution is 0.0754. The minimum absolute atomic E-state index is 0.263. The van der Waals surface area contributed by atoms with E-state index in [-0.39, 0.29) is 13.2 Å². The van der Waals surface area contributed by atoms with E-state index in [2.05, 4.69) is 15.9 Å². The Balaban J connectivity index is 2.57. The van der Waals surface area contributed by atoms with E-state index in [9.17, 15) is 0 Å². The summed E-state index contributed by atoms with van der Waals surface area (Å²) in [7, 11) is 0. The largest absolute Gasteiger partial charge is 0.492 e. The molecule has 1 aromatic carbocycles. The Hall–Kier alpha value is -0.0000000000000000555. The van der Waals surface area contributed by atoms with Crippen molar-refractivity contribution >= 4 is 39.1 Å². The molecular weight excluding hydrogens is 319 g/mol. The molecule has 0 saturated heterocycles. The Labute approximate surface area is 112 Å². The number of aliphatic hydroxyl groups is 2. The predicted octanol–water partition coefficient (Wildman–Crippen LogP) is 2.88. The van der Waals surface area contributed by atoms with Crippen LogP contribution in [0, 0.1) is 0 Å². The van der Waals surface area contributed by atoms with Crippen LogP contribution in [-0.2, 0) is 0 Å². The average molecular weight is 330 g/mol. The van der Waals surface area contributed by atoms with E-state index in [1.807, 2.05) is 0 Å². The third-order valence-corrected chi connectivity index (χ3v) is 3.39. The first-order chi connectivity index (χ1) is 7.54. The highest BCUT2D eigenvalue weighted by Gasteiger charge is 2.08. The van der Waals surface area contributed by atoms with Gasteiger partial charge in [-0.25, -0.2) is 0 Å². The fourth-order valence-corrected chi connectivity index (χ4v) is 1.86. The minimum atomic E-state index is -0.773. The number of aliphatic hydroxyl groups excluding tert-OH is 2. The molecule has 0 heterocycles. The summed E-state index contributed by atoms with van der Waals surface area (Å²) >= 11 is 15.0. The zero-order chi connectivity index (χ0) is 12.1. The lowest BCUT2D eigenvalue weighted by atomic mass is 10.3. The van der Waals surface area contributed by atoms with E-state index >= 15 is 0 Å². The molecule has 3 nitrogen and oxygen atoms in total. The molecule has 16 heavy (non-hydrogen) atoms. The minimum Gasteiger partial charge on any atom is -0.492 e. The fourth-order valence-electron chi connectivity index (χ4n) is 1.01. The predicted molar refractivity (Wildman–Crippen MR) is 67.4 cm³/mol. The Kier molecular flexibility index (Phi) is 5.86. The highest BCUT2D eigenvalue weighted by molar-refractivity contribution is 9.10. The zero-order valence-corrected chi connectivity index (χ0v) is 11.4. The van der Waals surface area contributed by atoms with Gasteiger partial charge in [0, 0.05) is 17.0 Å². The zero-order valence-electron chi connectivity index (χ0n) is 8.29. The maximum atomic E-state index is 9.11. The first-order valence-corrected chi connectivity index (χ1v) is 6.15. The van der Waals surface area contributed by atoms with Crippen LogP contribution in [0.5, 0.6) is 5.75 Å². The van der Waals surface area contributed by atoms with Crippen molar-refractivity contribution in [3.8, 4) is 5.75 Å². The van der Waals surface area contributed by atoms with E-state index in [1.165, 1.54) is 0 Å². The van der Waals surface area contributed by atoms with Crippen molar-refractivity contribution in [3.05, 3.63) is 26.7 Å². The Morgan fingerprint density at radius 2 is 2.00 bits per heavy atom. The molecular formula is C10H11BrCl2O3. The van der Waals surface area contributed by atoms with E-state index in [0.29, 0.717) is 26.7 Å². The van der Waals surface area contributed by atoms with Crippen molar-refractivity contribution in [2.45, 2.75) is 12.5 Å². The van der Waals surface area contributed by atoms with Crippen LogP contribution in [0.3, 0.4) is 0 Å². The smallest absolute Gasteiger partial charge is 0.139 e. The third-order valence-electron chi connectivity index (χ3n) is 1.89. The van der Waals surface area contributed by atoms with Gasteiger partial charge in [0.1, 0.15) is 5.75 Å². The fraction of sp³-hybridized carbons (Fsp3) is 0.400. The quantitative estimate of drug-likeness (QED) is 0.817. The molecule has 0 aliphatic heterocycles. The molecule has 0 aliphatic rings. The molecule has 1 unspecified atom stereocenters. The second kappa shape index (κ2) is 6.67. The van der Waals surface area contributed by atoms with Crippen molar-refractivity contribution in [3.63, 3.8) is 0 Å². The molecule has 1 atom stereocenters. The maximum Gasteiger partial charge on any atom is 0.139 e. The molecule has 2 N–H and O–H groups in total. The Morgan fingerprint density at radius 1 is 1.31 bits per heavy atom. The van der Waals surface area contributed by atoms with Crippen LogP contribution >= 0.6 is 39.1 Å². The van der Waals surface area contributed by atoms with Gasteiger partial charge < -0.3 is 14.9 Å². The lowest BCUT2D eigenvalue weighted by Gasteiger charge is -2.11. The number of rotatable bonds is 5. The summed E-state index contributed by atoms with van der Waals surface area (Å²) in [6, 6.07) is 3.24. The van der Waals surface area contributed by atoms with Crippen LogP contribution in [0.1, 0.15) is 6.42 Å². The number of halogens is 3. The second-order valence-corrected chi connectivity index (χ2v) is 4.84. The van der Waals surface area contributed by atoms with E-state index in [1.54, 1.807) is 12.1 Å². The summed E-state index contributed by atoms with van der Waals surface area (Å²) in [5.41, 5.74) is 0. The molecule has 1 rings (SSSR count). The molecule has 0 aliphatic carbocycles. The van der Waals surface area contributed by atoms with E-state index in [4.69, 9.17) is 38.2 Å². The molecule has 0 fully saturated rings. The molecule has 6 heteroatoms. The normalized spacial score (nSPS) is 12.6. The molecule has 0 bridgehead atoms. The number of ether oxygens (including phenoxy) is 1. The van der Waals surface area contributed by atoms with Gasteiger partial charge in [-0.1, -0.05) is 23.2 Å². The summed E-state index contributed by atoms with van der Waals surface area (Å²) < 4.78 is 6.03. The molecule has 0 aromatic heterocycles. The van der Waals surface area contributed by atoms with Crippen molar-refractivity contribution in [2.75, 3.05) is 13.2 Å². The summed E-state index contributed by atoms with van der Waals surface area (Å²) in [5.74, 6) is 0.458. The van der Waals surface area contributed by atoms with Gasteiger partial charge in [-0.3, -0.25) is 0 Å². The number of hydrogen-bond acceptors (Lipinski definition) is 3. The molecule has 1 aromatic rings. The van der Waals surface area contributed by atoms with Crippen LogP contribution in [-0.4, -0.2) is 29.5 Å². The van der Waals surface area contributed by atoms with Crippen molar-refractivity contribution in [1.29, 1.82) is 0 Å².